The third-order valence-corrected chi connectivity index (χ3v) is 6.57. The Morgan fingerprint density at radius 1 is 1.21 bits per heavy atom. The zero-order chi connectivity index (χ0) is 20.3. The van der Waals surface area contributed by atoms with E-state index in [2.05, 4.69) is 46.4 Å². The van der Waals surface area contributed by atoms with Gasteiger partial charge in [0.15, 0.2) is 0 Å². The SMILES string of the molecule is C=C(C)CCCC1=CC2c3c(O)cc(CCCCC)cc3OC(C)(C)C2CC1. The average molecular weight is 383 g/mol. The molecule has 1 heterocycles. The summed E-state index contributed by atoms with van der Waals surface area (Å²) in [6, 6.07) is 4.17. The Kier molecular flexibility index (Phi) is 6.58. The Labute approximate surface area is 171 Å². The number of unbranched alkanes of at least 4 members (excludes halogenated alkanes) is 2. The quantitative estimate of drug-likeness (QED) is 0.373. The van der Waals surface area contributed by atoms with Gasteiger partial charge in [-0.15, -0.1) is 6.58 Å². The summed E-state index contributed by atoms with van der Waals surface area (Å²) in [5.41, 5.74) is 4.81. The topological polar surface area (TPSA) is 29.5 Å². The Morgan fingerprint density at radius 2 is 2.00 bits per heavy atom. The molecular weight excluding hydrogens is 344 g/mol. The highest BCUT2D eigenvalue weighted by Crippen LogP contribution is 2.53. The molecule has 1 N–H and O–H groups in total. The number of hydrogen-bond acceptors (Lipinski definition) is 2. The predicted octanol–water partition coefficient (Wildman–Crippen LogP) is 7.46. The van der Waals surface area contributed by atoms with E-state index in [0.717, 1.165) is 49.8 Å². The summed E-state index contributed by atoms with van der Waals surface area (Å²) in [6.45, 7) is 12.8. The van der Waals surface area contributed by atoms with Crippen LogP contribution < -0.4 is 4.74 Å². The highest BCUT2D eigenvalue weighted by atomic mass is 16.5. The van der Waals surface area contributed by atoms with Crippen molar-refractivity contribution in [2.75, 3.05) is 0 Å². The normalized spacial score (nSPS) is 22.6. The lowest BCUT2D eigenvalue weighted by Gasteiger charge is -2.46. The van der Waals surface area contributed by atoms with Crippen LogP contribution in [0.2, 0.25) is 0 Å². The maximum absolute atomic E-state index is 10.9. The molecule has 3 rings (SSSR count). The fourth-order valence-electron chi connectivity index (χ4n) is 5.03. The summed E-state index contributed by atoms with van der Waals surface area (Å²) in [4.78, 5) is 0. The lowest BCUT2D eigenvalue weighted by atomic mass is 9.67. The molecule has 0 fully saturated rings. The first-order chi connectivity index (χ1) is 13.3. The molecule has 0 aromatic heterocycles. The molecule has 2 heteroatoms. The van der Waals surface area contributed by atoms with Gasteiger partial charge in [0.2, 0.25) is 0 Å². The standard InChI is InChI=1S/C26H38O2/c1-6-7-8-11-20-16-23(27)25-21-15-19(12-9-10-18(2)3)13-14-22(21)26(4,5)28-24(25)17-20/h15-17,21-22,27H,2,6-14H2,1,3-5H3. The first-order valence-corrected chi connectivity index (χ1v) is 11.2. The summed E-state index contributed by atoms with van der Waals surface area (Å²) >= 11 is 0. The van der Waals surface area contributed by atoms with Crippen molar-refractivity contribution in [2.45, 2.75) is 97.0 Å². The molecule has 1 aliphatic carbocycles. The van der Waals surface area contributed by atoms with Gasteiger partial charge in [-0.2, -0.15) is 0 Å². The number of aromatic hydroxyl groups is 1. The largest absolute Gasteiger partial charge is 0.507 e. The first kappa shape index (κ1) is 21.0. The molecular formula is C26H38O2. The lowest BCUT2D eigenvalue weighted by Crippen LogP contribution is -2.45. The van der Waals surface area contributed by atoms with Gasteiger partial charge in [0.05, 0.1) is 0 Å². The number of ether oxygens (including phenoxy) is 1. The van der Waals surface area contributed by atoms with Gasteiger partial charge in [0.25, 0.3) is 0 Å². The van der Waals surface area contributed by atoms with Crippen molar-refractivity contribution in [3.8, 4) is 11.5 Å². The molecule has 2 nitrogen and oxygen atoms in total. The van der Waals surface area contributed by atoms with Gasteiger partial charge in [-0.3, -0.25) is 0 Å². The molecule has 1 aromatic rings. The minimum atomic E-state index is -0.202. The van der Waals surface area contributed by atoms with E-state index < -0.39 is 0 Å². The summed E-state index contributed by atoms with van der Waals surface area (Å²) < 4.78 is 6.46. The molecule has 0 bridgehead atoms. The number of phenols is 1. The minimum Gasteiger partial charge on any atom is -0.507 e. The molecule has 0 radical (unpaired) electrons. The minimum absolute atomic E-state index is 0.202. The van der Waals surface area contributed by atoms with Crippen LogP contribution in [0.1, 0.15) is 96.1 Å². The first-order valence-electron chi connectivity index (χ1n) is 11.2. The van der Waals surface area contributed by atoms with Gasteiger partial charge < -0.3 is 9.84 Å². The van der Waals surface area contributed by atoms with Crippen molar-refractivity contribution >= 4 is 0 Å². The van der Waals surface area contributed by atoms with Gasteiger partial charge in [-0.1, -0.05) is 37.0 Å². The number of benzene rings is 1. The predicted molar refractivity (Wildman–Crippen MR) is 118 cm³/mol. The molecule has 1 aromatic carbocycles. The second-order valence-electron chi connectivity index (χ2n) is 9.50. The van der Waals surface area contributed by atoms with Crippen LogP contribution in [0.4, 0.5) is 0 Å². The zero-order valence-corrected chi connectivity index (χ0v) is 18.3. The fraction of sp³-hybridized carbons (Fsp3) is 0.615. The number of hydrogen-bond donors (Lipinski definition) is 1. The van der Waals surface area contributed by atoms with Crippen LogP contribution in [0.25, 0.3) is 0 Å². The van der Waals surface area contributed by atoms with Crippen molar-refractivity contribution in [3.05, 3.63) is 47.1 Å². The number of allylic oxidation sites excluding steroid dienone is 3. The Morgan fingerprint density at radius 3 is 2.71 bits per heavy atom. The van der Waals surface area contributed by atoms with Gasteiger partial charge in [0.1, 0.15) is 17.1 Å². The summed E-state index contributed by atoms with van der Waals surface area (Å²) in [5, 5.41) is 10.9. The van der Waals surface area contributed by atoms with Crippen molar-refractivity contribution in [2.24, 2.45) is 5.92 Å². The van der Waals surface area contributed by atoms with Crippen molar-refractivity contribution in [3.63, 3.8) is 0 Å². The zero-order valence-electron chi connectivity index (χ0n) is 18.3. The van der Waals surface area contributed by atoms with E-state index in [1.165, 1.54) is 36.0 Å². The van der Waals surface area contributed by atoms with E-state index in [1.807, 2.05) is 6.07 Å². The van der Waals surface area contributed by atoms with Gasteiger partial charge in [-0.05, 0) is 83.4 Å². The van der Waals surface area contributed by atoms with Crippen LogP contribution in [0.5, 0.6) is 11.5 Å². The Balaban J connectivity index is 1.88. The summed E-state index contributed by atoms with van der Waals surface area (Å²) in [7, 11) is 0. The van der Waals surface area contributed by atoms with Gasteiger partial charge in [0, 0.05) is 17.4 Å². The molecule has 0 saturated carbocycles. The number of fused-ring (bicyclic) bond motifs is 3. The number of rotatable bonds is 8. The van der Waals surface area contributed by atoms with Gasteiger partial charge >= 0.3 is 0 Å². The average Bonchev–Trinajstić information content (AvgIpc) is 2.60. The molecule has 2 unspecified atom stereocenters. The van der Waals surface area contributed by atoms with Crippen LogP contribution in [-0.2, 0) is 6.42 Å². The maximum atomic E-state index is 10.9. The third-order valence-electron chi connectivity index (χ3n) is 6.57. The Hall–Kier alpha value is -1.70. The van der Waals surface area contributed by atoms with E-state index >= 15 is 0 Å². The van der Waals surface area contributed by atoms with Crippen LogP contribution in [-0.4, -0.2) is 10.7 Å². The molecule has 1 aliphatic heterocycles. The smallest absolute Gasteiger partial charge is 0.127 e. The molecule has 28 heavy (non-hydrogen) atoms. The van der Waals surface area contributed by atoms with Crippen LogP contribution in [0.15, 0.2) is 35.9 Å². The van der Waals surface area contributed by atoms with Crippen LogP contribution >= 0.6 is 0 Å². The highest BCUT2D eigenvalue weighted by molar-refractivity contribution is 5.54. The lowest BCUT2D eigenvalue weighted by molar-refractivity contribution is 0.0105. The van der Waals surface area contributed by atoms with Gasteiger partial charge in [-0.25, -0.2) is 0 Å². The van der Waals surface area contributed by atoms with E-state index in [-0.39, 0.29) is 11.5 Å². The fourth-order valence-corrected chi connectivity index (χ4v) is 5.03. The number of phenolic OH excluding ortho intramolecular Hbond substituents is 1. The van der Waals surface area contributed by atoms with E-state index in [0.29, 0.717) is 11.7 Å². The highest BCUT2D eigenvalue weighted by Gasteiger charge is 2.45. The maximum Gasteiger partial charge on any atom is 0.127 e. The summed E-state index contributed by atoms with van der Waals surface area (Å²) in [5.74, 6) is 2.00. The molecule has 0 saturated heterocycles. The second kappa shape index (κ2) is 8.76. The Bertz CT molecular complexity index is 741. The molecule has 0 spiro atoms. The summed E-state index contributed by atoms with van der Waals surface area (Å²) in [6.07, 6.45) is 12.8. The monoisotopic (exact) mass is 382 g/mol. The van der Waals surface area contributed by atoms with Crippen molar-refractivity contribution in [1.29, 1.82) is 0 Å². The van der Waals surface area contributed by atoms with E-state index in [4.69, 9.17) is 4.74 Å². The molecule has 154 valence electrons. The van der Waals surface area contributed by atoms with E-state index in [1.54, 1.807) is 0 Å². The molecule has 0 amide bonds. The second-order valence-corrected chi connectivity index (χ2v) is 9.50. The molecule has 2 atom stereocenters. The molecule has 2 aliphatic rings. The van der Waals surface area contributed by atoms with Crippen LogP contribution in [0, 0.1) is 5.92 Å². The van der Waals surface area contributed by atoms with Crippen LogP contribution in [0.3, 0.4) is 0 Å². The van der Waals surface area contributed by atoms with Crippen molar-refractivity contribution in [1.82, 2.24) is 0 Å². The van der Waals surface area contributed by atoms with E-state index in [9.17, 15) is 5.11 Å². The number of aryl methyl sites for hydroxylation is 1. The third kappa shape index (κ3) is 4.64. The van der Waals surface area contributed by atoms with Crippen molar-refractivity contribution < 1.29 is 9.84 Å².